The molecule has 0 saturated carbocycles. The molecule has 2 heterocycles. The molecule has 0 aromatic carbocycles. The van der Waals surface area contributed by atoms with Crippen LogP contribution in [0.3, 0.4) is 0 Å². The van der Waals surface area contributed by atoms with Gasteiger partial charge in [-0.2, -0.15) is 4.98 Å². The molecule has 0 unspecified atom stereocenters. The second kappa shape index (κ2) is 6.30. The van der Waals surface area contributed by atoms with E-state index in [1.807, 2.05) is 18.4 Å². The molecule has 19 heavy (non-hydrogen) atoms. The number of carbonyl (C=O) groups excluding carboxylic acids is 1. The Bertz CT molecular complexity index is 569. The van der Waals surface area contributed by atoms with Gasteiger partial charge in [-0.25, -0.2) is 10.8 Å². The summed E-state index contributed by atoms with van der Waals surface area (Å²) in [5.74, 6) is 6.19. The predicted octanol–water partition coefficient (Wildman–Crippen LogP) is 0.915. The fourth-order valence-electron chi connectivity index (χ4n) is 1.55. The lowest BCUT2D eigenvalue weighted by Crippen LogP contribution is -2.30. The first kappa shape index (κ1) is 13.5. The van der Waals surface area contributed by atoms with Gasteiger partial charge in [0.15, 0.2) is 0 Å². The standard InChI is InChI=1S/C11H16N6OS/c1-2-4-13-8(18)6-14-9-7-3-5-19-10(7)16-11(15-9)17-12/h3,5H,2,4,6,12H2,1H3,(H,13,18)(H2,14,15,16,17). The highest BCUT2D eigenvalue weighted by Crippen LogP contribution is 2.25. The highest BCUT2D eigenvalue weighted by Gasteiger charge is 2.09. The molecule has 0 radical (unpaired) electrons. The van der Waals surface area contributed by atoms with Crippen molar-refractivity contribution in [3.63, 3.8) is 0 Å². The topological polar surface area (TPSA) is 105 Å². The summed E-state index contributed by atoms with van der Waals surface area (Å²) >= 11 is 1.49. The summed E-state index contributed by atoms with van der Waals surface area (Å²) in [4.78, 5) is 20.8. The average Bonchev–Trinajstić information content (AvgIpc) is 2.90. The monoisotopic (exact) mass is 280 g/mol. The number of nitrogens with one attached hydrogen (secondary N) is 3. The first-order valence-electron chi connectivity index (χ1n) is 5.97. The van der Waals surface area contributed by atoms with Crippen molar-refractivity contribution >= 4 is 39.2 Å². The summed E-state index contributed by atoms with van der Waals surface area (Å²) in [7, 11) is 0. The molecule has 0 fully saturated rings. The van der Waals surface area contributed by atoms with Crippen molar-refractivity contribution in [2.75, 3.05) is 23.8 Å². The maximum absolute atomic E-state index is 11.5. The number of hydrazine groups is 1. The summed E-state index contributed by atoms with van der Waals surface area (Å²) in [6.07, 6.45) is 0.912. The number of thiophene rings is 1. The van der Waals surface area contributed by atoms with E-state index in [9.17, 15) is 4.79 Å². The maximum atomic E-state index is 11.5. The lowest BCUT2D eigenvalue weighted by molar-refractivity contribution is -0.119. The van der Waals surface area contributed by atoms with Gasteiger partial charge < -0.3 is 10.6 Å². The number of nitrogen functional groups attached to an aromatic ring is 1. The van der Waals surface area contributed by atoms with Crippen molar-refractivity contribution < 1.29 is 4.79 Å². The third kappa shape index (κ3) is 3.30. The Balaban J connectivity index is 2.10. The van der Waals surface area contributed by atoms with Gasteiger partial charge in [0.1, 0.15) is 10.6 Å². The van der Waals surface area contributed by atoms with Gasteiger partial charge >= 0.3 is 0 Å². The SMILES string of the molecule is CCCNC(=O)CNc1nc(NN)nc2sccc12. The molecule has 102 valence electrons. The molecule has 7 nitrogen and oxygen atoms in total. The smallest absolute Gasteiger partial charge is 0.240 e. The molecule has 0 saturated heterocycles. The van der Waals surface area contributed by atoms with Crippen LogP contribution in [0.2, 0.25) is 0 Å². The van der Waals surface area contributed by atoms with Gasteiger partial charge in [-0.05, 0) is 17.9 Å². The Hall–Kier alpha value is -1.93. The zero-order chi connectivity index (χ0) is 13.7. The molecule has 2 aromatic rings. The molecule has 8 heteroatoms. The van der Waals surface area contributed by atoms with Gasteiger partial charge in [-0.1, -0.05) is 6.92 Å². The van der Waals surface area contributed by atoms with Crippen LogP contribution in [0, 0.1) is 0 Å². The van der Waals surface area contributed by atoms with Crippen LogP contribution in [0.5, 0.6) is 0 Å². The zero-order valence-electron chi connectivity index (χ0n) is 10.6. The van der Waals surface area contributed by atoms with Gasteiger partial charge in [-0.3, -0.25) is 10.2 Å². The summed E-state index contributed by atoms with van der Waals surface area (Å²) in [5, 5.41) is 8.60. The molecule has 2 aromatic heterocycles. The van der Waals surface area contributed by atoms with Crippen molar-refractivity contribution in [1.82, 2.24) is 15.3 Å². The number of hydrogen-bond donors (Lipinski definition) is 4. The van der Waals surface area contributed by atoms with Gasteiger partial charge in [0, 0.05) is 6.54 Å². The van der Waals surface area contributed by atoms with Crippen LogP contribution in [0.25, 0.3) is 10.2 Å². The van der Waals surface area contributed by atoms with Crippen LogP contribution in [0.15, 0.2) is 11.4 Å². The summed E-state index contributed by atoms with van der Waals surface area (Å²) in [6, 6.07) is 1.91. The van der Waals surface area contributed by atoms with Crippen LogP contribution < -0.4 is 21.9 Å². The normalized spacial score (nSPS) is 10.4. The van der Waals surface area contributed by atoms with Gasteiger partial charge in [0.2, 0.25) is 11.9 Å². The van der Waals surface area contributed by atoms with E-state index in [0.717, 1.165) is 16.6 Å². The largest absolute Gasteiger partial charge is 0.360 e. The van der Waals surface area contributed by atoms with Crippen LogP contribution in [-0.4, -0.2) is 29.0 Å². The van der Waals surface area contributed by atoms with Crippen LogP contribution in [0.4, 0.5) is 11.8 Å². The third-order valence-corrected chi connectivity index (χ3v) is 3.25. The minimum Gasteiger partial charge on any atom is -0.360 e. The summed E-state index contributed by atoms with van der Waals surface area (Å²) in [6.45, 7) is 2.85. The first-order valence-corrected chi connectivity index (χ1v) is 6.85. The summed E-state index contributed by atoms with van der Waals surface area (Å²) in [5.41, 5.74) is 2.42. The van der Waals surface area contributed by atoms with Crippen LogP contribution in [-0.2, 0) is 4.79 Å². The Labute approximate surface area is 114 Å². The van der Waals surface area contributed by atoms with Gasteiger partial charge in [0.25, 0.3) is 0 Å². The molecule has 1 amide bonds. The number of nitrogens with zero attached hydrogens (tertiary/aromatic N) is 2. The van der Waals surface area contributed by atoms with Crippen LogP contribution >= 0.6 is 11.3 Å². The van der Waals surface area contributed by atoms with Crippen molar-refractivity contribution in [2.45, 2.75) is 13.3 Å². The molecule has 0 aliphatic carbocycles. The zero-order valence-corrected chi connectivity index (χ0v) is 11.4. The van der Waals surface area contributed by atoms with E-state index in [1.165, 1.54) is 11.3 Å². The van der Waals surface area contributed by atoms with E-state index >= 15 is 0 Å². The average molecular weight is 280 g/mol. The second-order valence-electron chi connectivity index (χ2n) is 3.88. The molecule has 2 rings (SSSR count). The minimum atomic E-state index is -0.0638. The fraction of sp³-hybridized carbons (Fsp3) is 0.364. The number of rotatable bonds is 6. The minimum absolute atomic E-state index is 0.0638. The van der Waals surface area contributed by atoms with E-state index in [4.69, 9.17) is 5.84 Å². The van der Waals surface area contributed by atoms with Crippen molar-refractivity contribution in [1.29, 1.82) is 0 Å². The Morgan fingerprint density at radius 3 is 3.05 bits per heavy atom. The highest BCUT2D eigenvalue weighted by atomic mass is 32.1. The van der Waals surface area contributed by atoms with E-state index in [2.05, 4.69) is 26.0 Å². The second-order valence-corrected chi connectivity index (χ2v) is 4.78. The van der Waals surface area contributed by atoms with E-state index < -0.39 is 0 Å². The lowest BCUT2D eigenvalue weighted by atomic mass is 10.3. The van der Waals surface area contributed by atoms with Gasteiger partial charge in [-0.15, -0.1) is 11.3 Å². The number of hydrogen-bond acceptors (Lipinski definition) is 7. The van der Waals surface area contributed by atoms with E-state index in [1.54, 1.807) is 0 Å². The quantitative estimate of drug-likeness (QED) is 0.463. The van der Waals surface area contributed by atoms with Crippen molar-refractivity contribution in [2.24, 2.45) is 5.84 Å². The molecule has 0 aliphatic rings. The summed E-state index contributed by atoms with van der Waals surface area (Å²) < 4.78 is 0. The molecule has 5 N–H and O–H groups in total. The van der Waals surface area contributed by atoms with Gasteiger partial charge in [0.05, 0.1) is 11.9 Å². The fourth-order valence-corrected chi connectivity index (χ4v) is 2.31. The third-order valence-electron chi connectivity index (χ3n) is 2.44. The Morgan fingerprint density at radius 2 is 2.32 bits per heavy atom. The lowest BCUT2D eigenvalue weighted by Gasteiger charge is -2.08. The maximum Gasteiger partial charge on any atom is 0.240 e. The van der Waals surface area contributed by atoms with Crippen molar-refractivity contribution in [3.8, 4) is 0 Å². The van der Waals surface area contributed by atoms with Crippen LogP contribution in [0.1, 0.15) is 13.3 Å². The predicted molar refractivity (Wildman–Crippen MR) is 77.0 cm³/mol. The molecule has 0 atom stereocenters. The number of carbonyl (C=O) groups is 1. The molecular weight excluding hydrogens is 264 g/mol. The number of amides is 1. The van der Waals surface area contributed by atoms with E-state index in [0.29, 0.717) is 18.3 Å². The number of nitrogens with two attached hydrogens (primary N) is 1. The Morgan fingerprint density at radius 1 is 1.47 bits per heavy atom. The Kier molecular flexibility index (Phi) is 4.48. The number of aromatic nitrogens is 2. The van der Waals surface area contributed by atoms with E-state index in [-0.39, 0.29) is 12.5 Å². The molecule has 0 bridgehead atoms. The molecular formula is C11H16N6OS. The first-order chi connectivity index (χ1) is 9.24. The number of anilines is 2. The van der Waals surface area contributed by atoms with Crippen molar-refractivity contribution in [3.05, 3.63) is 11.4 Å². The highest BCUT2D eigenvalue weighted by molar-refractivity contribution is 7.16. The number of fused-ring (bicyclic) bond motifs is 1. The molecule has 0 aliphatic heterocycles. The molecule has 0 spiro atoms.